The van der Waals surface area contributed by atoms with Crippen LogP contribution in [0, 0.1) is 116 Å². The highest BCUT2D eigenvalue weighted by Gasteiger charge is 2.52. The SMILES string of the molecule is Fc1c(F)c(F)c([B-](c2c(F)c(F)c(F)c(F)c2F)(c2c(F)c(F)c(F)c(F)c2F)c2c(F)c(F)c(F)c(F)c2F)c(F)c1F.c1ccc(C[n+]2ccnc(C3c4ccccc4-c4ccccc43)c2)cc1. The van der Waals surface area contributed by atoms with Gasteiger partial charge in [0.25, 0.3) is 0 Å². The van der Waals surface area contributed by atoms with E-state index in [1.165, 1.54) is 27.8 Å². The molecule has 71 heavy (non-hydrogen) atoms. The molecule has 2 nitrogen and oxygen atoms in total. The molecule has 1 aliphatic rings. The maximum atomic E-state index is 15.4. The van der Waals surface area contributed by atoms with Crippen LogP contribution >= 0.6 is 0 Å². The van der Waals surface area contributed by atoms with E-state index >= 15 is 35.1 Å². The molecule has 1 aliphatic carbocycles. The van der Waals surface area contributed by atoms with Crippen LogP contribution in [0.1, 0.15) is 28.3 Å². The molecule has 364 valence electrons. The maximum absolute atomic E-state index is 15.4. The van der Waals surface area contributed by atoms with Crippen molar-refractivity contribution in [1.29, 1.82) is 0 Å². The maximum Gasteiger partial charge on any atom is 0.200 e. The van der Waals surface area contributed by atoms with Crippen molar-refractivity contribution in [1.82, 2.24) is 4.98 Å². The normalized spacial score (nSPS) is 12.2. The molecular weight excluding hydrogens is 995 g/mol. The van der Waals surface area contributed by atoms with Crippen LogP contribution in [0.2, 0.25) is 0 Å². The second-order valence-corrected chi connectivity index (χ2v) is 15.5. The highest BCUT2D eigenvalue weighted by atomic mass is 19.2. The van der Waals surface area contributed by atoms with Crippen LogP contribution in [0.25, 0.3) is 11.1 Å². The van der Waals surface area contributed by atoms with Crippen molar-refractivity contribution in [2.24, 2.45) is 0 Å². The topological polar surface area (TPSA) is 16.8 Å². The number of halogens is 20. The molecule has 0 saturated carbocycles. The summed E-state index contributed by atoms with van der Waals surface area (Å²) >= 11 is 0. The van der Waals surface area contributed by atoms with Crippen molar-refractivity contribution in [2.75, 3.05) is 0 Å². The van der Waals surface area contributed by atoms with E-state index in [0.29, 0.717) is 0 Å². The van der Waals surface area contributed by atoms with Crippen LogP contribution < -0.4 is 26.4 Å². The molecule has 23 heteroatoms. The fourth-order valence-electron chi connectivity index (χ4n) is 8.84. The summed E-state index contributed by atoms with van der Waals surface area (Å²) in [7, 11) is 0. The van der Waals surface area contributed by atoms with Gasteiger partial charge in [-0.05, 0) is 22.3 Å². The lowest BCUT2D eigenvalue weighted by molar-refractivity contribution is -0.689. The average Bonchev–Trinajstić information content (AvgIpc) is 3.71. The van der Waals surface area contributed by atoms with Crippen molar-refractivity contribution in [3.05, 3.63) is 236 Å². The predicted octanol–water partition coefficient (Wildman–Crippen LogP) is 10.4. The second-order valence-electron chi connectivity index (χ2n) is 15.5. The van der Waals surface area contributed by atoms with E-state index in [-0.39, 0.29) is 5.92 Å². The standard InChI is InChI=1S/C24BF20.C24H19N2/c26-5-1(6(27)14(35)21(42)13(5)34)25(2-7(28)15(36)22(43)16(37)8(2)29,3-9(30)17(38)23(44)18(39)10(3)31)4-11(32)19(40)24(45)20(41)12(4)33;1-2-8-18(9-3-1)16-26-15-14-25-23(17-26)24-21-12-6-4-10-19(21)20-11-5-7-13-22(20)24/h;1-15,17,24H,16H2/q-1;+1. The summed E-state index contributed by atoms with van der Waals surface area (Å²) in [5.41, 5.74) is -6.59. The monoisotopic (exact) mass is 1010 g/mol. The lowest BCUT2D eigenvalue weighted by atomic mass is 9.12. The van der Waals surface area contributed by atoms with Crippen LogP contribution in [0.4, 0.5) is 87.8 Å². The van der Waals surface area contributed by atoms with Gasteiger partial charge in [0.2, 0.25) is 0 Å². The van der Waals surface area contributed by atoms with Gasteiger partial charge in [-0.1, -0.05) is 78.9 Å². The third-order valence-corrected chi connectivity index (χ3v) is 11.8. The highest BCUT2D eigenvalue weighted by molar-refractivity contribution is 7.20. The highest BCUT2D eigenvalue weighted by Crippen LogP contribution is 2.47. The molecule has 0 spiro atoms. The number of nitrogens with zero attached hydrogens (tertiary/aromatic N) is 2. The van der Waals surface area contributed by atoms with Crippen molar-refractivity contribution < 1.29 is 92.4 Å². The van der Waals surface area contributed by atoms with E-state index in [1.807, 2.05) is 12.4 Å². The minimum absolute atomic E-state index is 0.200. The first kappa shape index (κ1) is 49.7. The van der Waals surface area contributed by atoms with Crippen molar-refractivity contribution >= 4 is 28.0 Å². The zero-order valence-corrected chi connectivity index (χ0v) is 34.6. The van der Waals surface area contributed by atoms with Gasteiger partial charge in [0.15, 0.2) is 88.7 Å². The Balaban J connectivity index is 0.000000218. The van der Waals surface area contributed by atoms with Gasteiger partial charge in [0.1, 0.15) is 58.4 Å². The number of fused-ring (bicyclic) bond motifs is 3. The summed E-state index contributed by atoms with van der Waals surface area (Å²) in [4.78, 5) is 4.74. The Morgan fingerprint density at radius 2 is 0.634 bits per heavy atom. The molecule has 0 atom stereocenters. The van der Waals surface area contributed by atoms with E-state index in [0.717, 1.165) is 12.2 Å². The number of benzene rings is 7. The molecule has 0 aliphatic heterocycles. The fraction of sp³-hybridized carbons (Fsp3) is 0.0417. The predicted molar refractivity (Wildman–Crippen MR) is 212 cm³/mol. The molecule has 1 heterocycles. The third-order valence-electron chi connectivity index (χ3n) is 11.8. The zero-order valence-electron chi connectivity index (χ0n) is 34.6. The smallest absolute Gasteiger partial charge is 0.200 e. The van der Waals surface area contributed by atoms with Gasteiger partial charge >= 0.3 is 0 Å². The molecule has 7 aromatic carbocycles. The van der Waals surface area contributed by atoms with Gasteiger partial charge in [-0.25, -0.2) is 92.8 Å². The minimum atomic E-state index is -7.22. The summed E-state index contributed by atoms with van der Waals surface area (Å²) < 4.78 is 296. The molecule has 0 radical (unpaired) electrons. The van der Waals surface area contributed by atoms with Crippen LogP contribution in [0.5, 0.6) is 0 Å². The molecular formula is C48H19BF20N2. The Kier molecular flexibility index (Phi) is 13.0. The number of rotatable bonds is 7. The summed E-state index contributed by atoms with van der Waals surface area (Å²) in [5.74, 6) is -71.2. The molecule has 9 rings (SSSR count). The molecule has 1 aromatic heterocycles. The summed E-state index contributed by atoms with van der Waals surface area (Å²) in [5, 5.41) is 0. The third kappa shape index (κ3) is 7.63. The molecule has 8 aromatic rings. The fourth-order valence-corrected chi connectivity index (χ4v) is 8.84. The lowest BCUT2D eigenvalue weighted by Gasteiger charge is -2.44. The zero-order chi connectivity index (χ0) is 51.7. The Bertz CT molecular complexity index is 3050. The summed E-state index contributed by atoms with van der Waals surface area (Å²) in [6.45, 7) is 0.854. The Morgan fingerprint density at radius 3 is 0.958 bits per heavy atom. The molecule has 0 bridgehead atoms. The van der Waals surface area contributed by atoms with Gasteiger partial charge < -0.3 is 0 Å². The average molecular weight is 1010 g/mol. The van der Waals surface area contributed by atoms with Crippen molar-refractivity contribution in [3.8, 4) is 11.1 Å². The van der Waals surface area contributed by atoms with Crippen LogP contribution in [-0.4, -0.2) is 11.1 Å². The quantitative estimate of drug-likeness (QED) is 0.0511. The first-order valence-corrected chi connectivity index (χ1v) is 19.9. The van der Waals surface area contributed by atoms with Crippen LogP contribution in [-0.2, 0) is 6.54 Å². The Hall–Kier alpha value is -7.72. The van der Waals surface area contributed by atoms with E-state index in [1.54, 1.807) is 0 Å². The Morgan fingerprint density at radius 1 is 0.352 bits per heavy atom. The number of hydrogen-bond acceptors (Lipinski definition) is 1. The molecule has 0 amide bonds. The molecule has 0 saturated heterocycles. The van der Waals surface area contributed by atoms with Gasteiger partial charge in [0.05, 0.1) is 12.1 Å². The molecule has 0 N–H and O–H groups in total. The molecule has 0 fully saturated rings. The Labute approximate surface area is 384 Å². The van der Waals surface area contributed by atoms with Crippen LogP contribution in [0.15, 0.2) is 97.5 Å². The van der Waals surface area contributed by atoms with Gasteiger partial charge in [-0.2, -0.15) is 4.57 Å². The number of aromatic nitrogens is 2. The van der Waals surface area contributed by atoms with Gasteiger partial charge in [0, 0.05) is 5.56 Å². The molecule has 0 unspecified atom stereocenters. The first-order chi connectivity index (χ1) is 33.6. The van der Waals surface area contributed by atoms with E-state index in [4.69, 9.17) is 4.98 Å². The van der Waals surface area contributed by atoms with E-state index < -0.39 is 144 Å². The van der Waals surface area contributed by atoms with Gasteiger partial charge in [-0.3, -0.25) is 0 Å². The van der Waals surface area contributed by atoms with E-state index in [9.17, 15) is 52.7 Å². The largest absolute Gasteiger partial charge is 0.248 e. The number of hydrogen-bond donors (Lipinski definition) is 0. The summed E-state index contributed by atoms with van der Waals surface area (Å²) in [6.07, 6.45) is -1.06. The van der Waals surface area contributed by atoms with Crippen molar-refractivity contribution in [2.45, 2.75) is 12.5 Å². The van der Waals surface area contributed by atoms with Gasteiger partial charge in [-0.15, -0.1) is 21.9 Å². The minimum Gasteiger partial charge on any atom is -0.248 e. The van der Waals surface area contributed by atoms with E-state index in [2.05, 4.69) is 89.6 Å². The first-order valence-electron chi connectivity index (χ1n) is 19.9. The van der Waals surface area contributed by atoms with Crippen molar-refractivity contribution in [3.63, 3.8) is 0 Å². The van der Waals surface area contributed by atoms with Crippen LogP contribution in [0.3, 0.4) is 0 Å². The summed E-state index contributed by atoms with van der Waals surface area (Å²) in [6, 6.07) is 27.9. The lowest BCUT2D eigenvalue weighted by Crippen LogP contribution is -2.81. The second kappa shape index (κ2) is 18.6.